The van der Waals surface area contributed by atoms with Gasteiger partial charge in [0.15, 0.2) is 0 Å². The number of rotatable bonds is 3. The quantitative estimate of drug-likeness (QED) is 0.162. The van der Waals surface area contributed by atoms with Crippen molar-refractivity contribution in [1.29, 1.82) is 0 Å². The van der Waals surface area contributed by atoms with Crippen LogP contribution in [0.25, 0.3) is 114 Å². The highest BCUT2D eigenvalue weighted by molar-refractivity contribution is 6.27. The summed E-state index contributed by atoms with van der Waals surface area (Å²) in [4.78, 5) is 0. The summed E-state index contributed by atoms with van der Waals surface area (Å²) in [6.45, 7) is 0. The molecule has 0 saturated heterocycles. The highest BCUT2D eigenvalue weighted by Gasteiger charge is 2.21. The average Bonchev–Trinajstić information content (AvgIpc) is 3.59. The molecular formula is C54H33N. The van der Waals surface area contributed by atoms with Crippen molar-refractivity contribution >= 4 is 86.4 Å². The van der Waals surface area contributed by atoms with Crippen LogP contribution in [0.2, 0.25) is 0 Å². The Kier molecular flexibility index (Phi) is 6.40. The van der Waals surface area contributed by atoms with Gasteiger partial charge in [0, 0.05) is 16.5 Å². The van der Waals surface area contributed by atoms with E-state index in [2.05, 4.69) is 205 Å². The van der Waals surface area contributed by atoms with Crippen LogP contribution in [-0.2, 0) is 0 Å². The van der Waals surface area contributed by atoms with Gasteiger partial charge < -0.3 is 4.57 Å². The Morgan fingerprint density at radius 3 is 1.42 bits per heavy atom. The van der Waals surface area contributed by atoms with Gasteiger partial charge in [0.05, 0.1) is 11.0 Å². The maximum Gasteiger partial charge on any atom is 0.0553 e. The molecule has 11 aromatic carbocycles. The third-order valence-corrected chi connectivity index (χ3v) is 11.9. The van der Waals surface area contributed by atoms with Crippen LogP contribution in [-0.4, -0.2) is 4.57 Å². The van der Waals surface area contributed by atoms with E-state index < -0.39 is 0 Å². The Balaban J connectivity index is 1.23. The van der Waals surface area contributed by atoms with Gasteiger partial charge in [-0.05, 0) is 123 Å². The molecule has 1 nitrogen and oxygen atoms in total. The first-order valence-electron chi connectivity index (χ1n) is 19.1. The van der Waals surface area contributed by atoms with Crippen molar-refractivity contribution in [2.24, 2.45) is 0 Å². The Bertz CT molecular complexity index is 3550. The lowest BCUT2D eigenvalue weighted by atomic mass is 9.89. The Hall–Kier alpha value is -7.22. The molecule has 0 bridgehead atoms. The van der Waals surface area contributed by atoms with Crippen LogP contribution in [0.5, 0.6) is 0 Å². The van der Waals surface area contributed by atoms with Crippen molar-refractivity contribution in [2.45, 2.75) is 0 Å². The first-order chi connectivity index (χ1) is 27.3. The van der Waals surface area contributed by atoms with E-state index in [1.165, 1.54) is 109 Å². The summed E-state index contributed by atoms with van der Waals surface area (Å²) in [5.41, 5.74) is 8.52. The summed E-state index contributed by atoms with van der Waals surface area (Å²) in [5, 5.41) is 17.7. The number of aromatic nitrogens is 1. The summed E-state index contributed by atoms with van der Waals surface area (Å²) in [7, 11) is 0. The molecule has 0 N–H and O–H groups in total. The van der Waals surface area contributed by atoms with Crippen LogP contribution >= 0.6 is 0 Å². The molecule has 12 rings (SSSR count). The molecule has 0 atom stereocenters. The molecule has 55 heavy (non-hydrogen) atoms. The van der Waals surface area contributed by atoms with Crippen molar-refractivity contribution in [3.63, 3.8) is 0 Å². The maximum absolute atomic E-state index is 2.52. The first-order valence-corrected chi connectivity index (χ1v) is 19.1. The molecule has 0 radical (unpaired) electrons. The van der Waals surface area contributed by atoms with Gasteiger partial charge in [0.2, 0.25) is 0 Å². The lowest BCUT2D eigenvalue weighted by Crippen LogP contribution is -1.95. The molecule has 0 aliphatic rings. The monoisotopic (exact) mass is 695 g/mol. The topological polar surface area (TPSA) is 4.93 Å². The zero-order chi connectivity index (χ0) is 36.0. The minimum atomic E-state index is 1.16. The van der Waals surface area contributed by atoms with E-state index in [1.54, 1.807) is 0 Å². The smallest absolute Gasteiger partial charge is 0.0553 e. The van der Waals surface area contributed by atoms with Gasteiger partial charge in [-0.3, -0.25) is 0 Å². The SMILES string of the molecule is c1ccc2cc(-n3c4cc(-c5cc6ccccc6c6ccccc56)ccc4c4c5ccccc5c(-c5cc6ccccc6c6ccccc56)cc43)ccc2c1. The van der Waals surface area contributed by atoms with Gasteiger partial charge in [-0.2, -0.15) is 0 Å². The molecule has 0 spiro atoms. The first kappa shape index (κ1) is 30.3. The molecule has 1 heterocycles. The van der Waals surface area contributed by atoms with E-state index in [9.17, 15) is 0 Å². The predicted octanol–water partition coefficient (Wildman–Crippen LogP) is 15.0. The fourth-order valence-corrected chi connectivity index (χ4v) is 9.43. The summed E-state index contributed by atoms with van der Waals surface area (Å²) < 4.78 is 2.52. The zero-order valence-corrected chi connectivity index (χ0v) is 30.0. The number of hydrogen-bond acceptors (Lipinski definition) is 0. The Labute approximate surface area is 317 Å². The van der Waals surface area contributed by atoms with Crippen LogP contribution in [0.4, 0.5) is 0 Å². The zero-order valence-electron chi connectivity index (χ0n) is 30.0. The van der Waals surface area contributed by atoms with Crippen LogP contribution in [0.15, 0.2) is 200 Å². The largest absolute Gasteiger partial charge is 0.309 e. The van der Waals surface area contributed by atoms with Gasteiger partial charge >= 0.3 is 0 Å². The fourth-order valence-electron chi connectivity index (χ4n) is 9.43. The lowest BCUT2D eigenvalue weighted by molar-refractivity contribution is 1.19. The molecule has 0 unspecified atom stereocenters. The minimum Gasteiger partial charge on any atom is -0.309 e. The van der Waals surface area contributed by atoms with Crippen molar-refractivity contribution in [3.8, 4) is 27.9 Å². The van der Waals surface area contributed by atoms with Gasteiger partial charge in [0.1, 0.15) is 0 Å². The van der Waals surface area contributed by atoms with E-state index in [4.69, 9.17) is 0 Å². The van der Waals surface area contributed by atoms with Gasteiger partial charge in [-0.25, -0.2) is 0 Å². The fraction of sp³-hybridized carbons (Fsp3) is 0. The van der Waals surface area contributed by atoms with Gasteiger partial charge in [-0.15, -0.1) is 0 Å². The number of hydrogen-bond donors (Lipinski definition) is 0. The summed E-state index contributed by atoms with van der Waals surface area (Å²) >= 11 is 0. The normalized spacial score (nSPS) is 12.0. The van der Waals surface area contributed by atoms with Crippen molar-refractivity contribution in [3.05, 3.63) is 200 Å². The molecule has 0 fully saturated rings. The number of nitrogens with zero attached hydrogens (tertiary/aromatic N) is 1. The minimum absolute atomic E-state index is 1.16. The van der Waals surface area contributed by atoms with Crippen molar-refractivity contribution < 1.29 is 0 Å². The van der Waals surface area contributed by atoms with E-state index >= 15 is 0 Å². The molecule has 0 aliphatic heterocycles. The molecule has 0 aliphatic carbocycles. The van der Waals surface area contributed by atoms with Crippen LogP contribution in [0.3, 0.4) is 0 Å². The molecule has 0 amide bonds. The van der Waals surface area contributed by atoms with Crippen LogP contribution in [0.1, 0.15) is 0 Å². The highest BCUT2D eigenvalue weighted by atomic mass is 15.0. The second kappa shape index (κ2) is 11.6. The number of fused-ring (bicyclic) bond motifs is 12. The molecule has 0 saturated carbocycles. The highest BCUT2D eigenvalue weighted by Crippen LogP contribution is 2.46. The number of benzene rings is 11. The standard InChI is InChI=1S/C54H33N/c1-2-14-35-29-39(27-25-34(35)13-1)55-52-32-38(49-30-36-15-3-5-17-40(36)42-19-7-9-21-44(42)49)26-28-48(52)54-47-24-12-11-23-46(47)51(33-53(54)55)50-31-37-16-4-6-18-41(37)43-20-8-10-22-45(43)50/h1-33H. The van der Waals surface area contributed by atoms with E-state index in [1.807, 2.05) is 0 Å². The summed E-state index contributed by atoms with van der Waals surface area (Å²) in [6.07, 6.45) is 0. The Morgan fingerprint density at radius 2 is 0.745 bits per heavy atom. The predicted molar refractivity (Wildman–Crippen MR) is 237 cm³/mol. The Morgan fingerprint density at radius 1 is 0.255 bits per heavy atom. The molecule has 12 aromatic rings. The second-order valence-electron chi connectivity index (χ2n) is 14.8. The molecule has 1 aromatic heterocycles. The maximum atomic E-state index is 2.52. The molecule has 254 valence electrons. The van der Waals surface area contributed by atoms with Crippen LogP contribution < -0.4 is 0 Å². The summed E-state index contributed by atoms with van der Waals surface area (Å²) in [6, 6.07) is 74.3. The van der Waals surface area contributed by atoms with E-state index in [0.717, 1.165) is 5.69 Å². The van der Waals surface area contributed by atoms with E-state index in [0.29, 0.717) is 0 Å². The van der Waals surface area contributed by atoms with Gasteiger partial charge in [-0.1, -0.05) is 164 Å². The average molecular weight is 696 g/mol. The van der Waals surface area contributed by atoms with E-state index in [-0.39, 0.29) is 0 Å². The van der Waals surface area contributed by atoms with Crippen LogP contribution in [0, 0.1) is 0 Å². The lowest BCUT2D eigenvalue weighted by Gasteiger charge is -2.16. The third kappa shape index (κ3) is 4.48. The second-order valence-corrected chi connectivity index (χ2v) is 14.8. The molecular weight excluding hydrogens is 663 g/mol. The van der Waals surface area contributed by atoms with Gasteiger partial charge in [0.25, 0.3) is 0 Å². The third-order valence-electron chi connectivity index (χ3n) is 11.9. The summed E-state index contributed by atoms with van der Waals surface area (Å²) in [5.74, 6) is 0. The van der Waals surface area contributed by atoms with Crippen molar-refractivity contribution in [2.75, 3.05) is 0 Å². The van der Waals surface area contributed by atoms with Crippen molar-refractivity contribution in [1.82, 2.24) is 4.57 Å². The molecule has 1 heteroatoms.